The molecule has 3 heterocycles. The Morgan fingerprint density at radius 1 is 1.41 bits per heavy atom. The summed E-state index contributed by atoms with van der Waals surface area (Å²) in [7, 11) is 3.84. The molecular formula is C10H11N5S2. The standard InChI is InChI=1S/C10H11N5S2/c1-11-8-5-6(15(2)4-12-5)7-9(13-8)14-10(16-3)17-7/h4H,1-3H3,(H,11,13). The van der Waals surface area contributed by atoms with Crippen molar-refractivity contribution in [2.45, 2.75) is 4.34 Å². The zero-order chi connectivity index (χ0) is 12.0. The molecule has 0 fully saturated rings. The average Bonchev–Trinajstić information content (AvgIpc) is 2.91. The second-order valence-electron chi connectivity index (χ2n) is 3.60. The third kappa shape index (κ3) is 1.49. The number of nitrogens with zero attached hydrogens (tertiary/aromatic N) is 4. The van der Waals surface area contributed by atoms with E-state index in [1.54, 1.807) is 23.1 Å². The van der Waals surface area contributed by atoms with E-state index in [4.69, 9.17) is 0 Å². The van der Waals surface area contributed by atoms with Crippen LogP contribution in [0.4, 0.5) is 5.82 Å². The van der Waals surface area contributed by atoms with Gasteiger partial charge in [-0.3, -0.25) is 0 Å². The van der Waals surface area contributed by atoms with Crippen LogP contribution in [0.5, 0.6) is 0 Å². The van der Waals surface area contributed by atoms with Crippen LogP contribution in [0.1, 0.15) is 0 Å². The van der Waals surface area contributed by atoms with Gasteiger partial charge in [0, 0.05) is 14.1 Å². The summed E-state index contributed by atoms with van der Waals surface area (Å²) < 4.78 is 4.15. The summed E-state index contributed by atoms with van der Waals surface area (Å²) in [5.41, 5.74) is 2.79. The second-order valence-corrected chi connectivity index (χ2v) is 5.65. The number of pyridine rings is 1. The molecule has 0 aromatic carbocycles. The van der Waals surface area contributed by atoms with Crippen molar-refractivity contribution in [1.82, 2.24) is 19.5 Å². The number of thioether (sulfide) groups is 1. The maximum atomic E-state index is 4.50. The number of aryl methyl sites for hydroxylation is 1. The third-order valence-electron chi connectivity index (χ3n) is 2.60. The maximum Gasteiger partial charge on any atom is 0.176 e. The Labute approximate surface area is 106 Å². The first-order valence-electron chi connectivity index (χ1n) is 5.08. The van der Waals surface area contributed by atoms with Crippen LogP contribution in [0.15, 0.2) is 10.7 Å². The van der Waals surface area contributed by atoms with E-state index >= 15 is 0 Å². The Morgan fingerprint density at radius 3 is 2.94 bits per heavy atom. The number of imidazole rings is 1. The Kier molecular flexibility index (Phi) is 2.44. The summed E-state index contributed by atoms with van der Waals surface area (Å²) in [5.74, 6) is 0.783. The molecule has 3 aromatic rings. The van der Waals surface area contributed by atoms with E-state index in [9.17, 15) is 0 Å². The molecule has 7 heteroatoms. The molecule has 0 radical (unpaired) electrons. The molecule has 17 heavy (non-hydrogen) atoms. The number of nitrogens with one attached hydrogen (secondary N) is 1. The largest absolute Gasteiger partial charge is 0.371 e. The van der Waals surface area contributed by atoms with Gasteiger partial charge in [0.15, 0.2) is 15.8 Å². The molecule has 88 valence electrons. The minimum atomic E-state index is 0.783. The lowest BCUT2D eigenvalue weighted by Crippen LogP contribution is -1.95. The van der Waals surface area contributed by atoms with Crippen LogP contribution in [0.2, 0.25) is 0 Å². The molecule has 0 aliphatic carbocycles. The summed E-state index contributed by atoms with van der Waals surface area (Å²) in [6.07, 6.45) is 3.84. The smallest absolute Gasteiger partial charge is 0.176 e. The maximum absolute atomic E-state index is 4.50. The van der Waals surface area contributed by atoms with Crippen molar-refractivity contribution in [1.29, 1.82) is 0 Å². The van der Waals surface area contributed by atoms with Gasteiger partial charge in [-0.25, -0.2) is 15.0 Å². The summed E-state index contributed by atoms with van der Waals surface area (Å²) in [6, 6.07) is 0. The number of hydrogen-bond donors (Lipinski definition) is 1. The first-order valence-corrected chi connectivity index (χ1v) is 7.12. The fraction of sp³-hybridized carbons (Fsp3) is 0.300. The van der Waals surface area contributed by atoms with Gasteiger partial charge in [0.2, 0.25) is 0 Å². The van der Waals surface area contributed by atoms with Gasteiger partial charge >= 0.3 is 0 Å². The number of thiazole rings is 1. The molecule has 0 saturated carbocycles. The molecular weight excluding hydrogens is 254 g/mol. The van der Waals surface area contributed by atoms with Gasteiger partial charge in [0.05, 0.1) is 11.8 Å². The second kappa shape index (κ2) is 3.85. The van der Waals surface area contributed by atoms with E-state index in [-0.39, 0.29) is 0 Å². The molecule has 0 aliphatic rings. The van der Waals surface area contributed by atoms with Gasteiger partial charge in [-0.1, -0.05) is 11.8 Å². The lowest BCUT2D eigenvalue weighted by Gasteiger charge is -2.01. The van der Waals surface area contributed by atoms with Crippen molar-refractivity contribution >= 4 is 50.3 Å². The van der Waals surface area contributed by atoms with Gasteiger partial charge in [-0.05, 0) is 6.26 Å². The molecule has 0 saturated heterocycles. The van der Waals surface area contributed by atoms with Gasteiger partial charge < -0.3 is 9.88 Å². The summed E-state index contributed by atoms with van der Waals surface area (Å²) in [6.45, 7) is 0. The first kappa shape index (κ1) is 10.8. The van der Waals surface area contributed by atoms with Gasteiger partial charge in [0.25, 0.3) is 0 Å². The molecule has 5 nitrogen and oxygen atoms in total. The summed E-state index contributed by atoms with van der Waals surface area (Å²) >= 11 is 3.31. The number of fused-ring (bicyclic) bond motifs is 3. The van der Waals surface area contributed by atoms with E-state index in [0.717, 1.165) is 31.5 Å². The van der Waals surface area contributed by atoms with Crippen molar-refractivity contribution in [2.75, 3.05) is 18.6 Å². The molecule has 0 bridgehead atoms. The first-order chi connectivity index (χ1) is 8.24. The molecule has 0 atom stereocenters. The monoisotopic (exact) mass is 265 g/mol. The summed E-state index contributed by atoms with van der Waals surface area (Å²) in [5, 5.41) is 3.07. The molecule has 0 unspecified atom stereocenters. The fourth-order valence-electron chi connectivity index (χ4n) is 1.81. The van der Waals surface area contributed by atoms with Crippen LogP contribution in [0.25, 0.3) is 21.4 Å². The van der Waals surface area contributed by atoms with Crippen molar-refractivity contribution < 1.29 is 0 Å². The van der Waals surface area contributed by atoms with E-state index in [1.165, 1.54) is 0 Å². The van der Waals surface area contributed by atoms with Crippen molar-refractivity contribution in [3.8, 4) is 0 Å². The zero-order valence-electron chi connectivity index (χ0n) is 9.68. The van der Waals surface area contributed by atoms with E-state index in [0.29, 0.717) is 0 Å². The number of aromatic nitrogens is 4. The minimum absolute atomic E-state index is 0.783. The fourth-order valence-corrected chi connectivity index (χ4v) is 3.40. The van der Waals surface area contributed by atoms with Crippen molar-refractivity contribution in [3.63, 3.8) is 0 Å². The molecule has 3 aromatic heterocycles. The quantitative estimate of drug-likeness (QED) is 0.721. The normalized spacial score (nSPS) is 11.5. The Bertz CT molecular complexity index is 699. The third-order valence-corrected chi connectivity index (χ3v) is 4.63. The minimum Gasteiger partial charge on any atom is -0.371 e. The van der Waals surface area contributed by atoms with Crippen LogP contribution in [-0.4, -0.2) is 32.8 Å². The number of anilines is 1. The van der Waals surface area contributed by atoms with Crippen LogP contribution in [0.3, 0.4) is 0 Å². The van der Waals surface area contributed by atoms with Crippen LogP contribution in [-0.2, 0) is 7.05 Å². The number of hydrogen-bond acceptors (Lipinski definition) is 6. The van der Waals surface area contributed by atoms with Crippen LogP contribution in [0, 0.1) is 0 Å². The molecule has 0 aliphatic heterocycles. The highest BCUT2D eigenvalue weighted by Crippen LogP contribution is 2.34. The van der Waals surface area contributed by atoms with Gasteiger partial charge in [-0.15, -0.1) is 11.3 Å². The predicted octanol–water partition coefficient (Wildman–Crippen LogP) is 2.34. The Morgan fingerprint density at radius 2 is 2.24 bits per heavy atom. The summed E-state index contributed by atoms with van der Waals surface area (Å²) in [4.78, 5) is 13.4. The zero-order valence-corrected chi connectivity index (χ0v) is 11.3. The highest BCUT2D eigenvalue weighted by molar-refractivity contribution is 8.00. The predicted molar refractivity (Wildman–Crippen MR) is 73.0 cm³/mol. The average molecular weight is 265 g/mol. The number of rotatable bonds is 2. The molecule has 3 rings (SSSR count). The lowest BCUT2D eigenvalue weighted by atomic mass is 10.3. The SMILES string of the molecule is CNc1nc2nc(SC)sc2c2c1ncn2C. The van der Waals surface area contributed by atoms with Gasteiger partial charge in [0.1, 0.15) is 10.2 Å². The van der Waals surface area contributed by atoms with E-state index in [1.807, 2.05) is 31.2 Å². The molecule has 1 N–H and O–H groups in total. The lowest BCUT2D eigenvalue weighted by molar-refractivity contribution is 0.951. The van der Waals surface area contributed by atoms with Crippen molar-refractivity contribution in [2.24, 2.45) is 7.05 Å². The van der Waals surface area contributed by atoms with Crippen LogP contribution < -0.4 is 5.32 Å². The Balaban J connectivity index is 2.50. The molecule has 0 spiro atoms. The highest BCUT2D eigenvalue weighted by atomic mass is 32.2. The van der Waals surface area contributed by atoms with E-state index in [2.05, 4.69) is 20.3 Å². The Hall–Kier alpha value is -1.34. The van der Waals surface area contributed by atoms with Crippen LogP contribution >= 0.6 is 23.1 Å². The van der Waals surface area contributed by atoms with E-state index < -0.39 is 0 Å². The topological polar surface area (TPSA) is 55.6 Å². The van der Waals surface area contributed by atoms with Crippen molar-refractivity contribution in [3.05, 3.63) is 6.33 Å². The van der Waals surface area contributed by atoms with Gasteiger partial charge in [-0.2, -0.15) is 0 Å². The highest BCUT2D eigenvalue weighted by Gasteiger charge is 2.15. The molecule has 0 amide bonds.